The van der Waals surface area contributed by atoms with Crippen molar-refractivity contribution in [2.45, 2.75) is 26.2 Å². The zero-order valence-electron chi connectivity index (χ0n) is 16.5. The van der Waals surface area contributed by atoms with Gasteiger partial charge in [0.15, 0.2) is 0 Å². The Morgan fingerprint density at radius 1 is 0.500 bits per heavy atom. The SMILES string of the molecule is Cc1ccc2c(c1)c1ccccc1c1cc3c(cc21)C(C)(C)c1ccccc1-3. The Bertz CT molecular complexity index is 1430. The second kappa shape index (κ2) is 5.23. The predicted octanol–water partition coefficient (Wildman–Crippen LogP) is 7.76. The second-order valence-corrected chi connectivity index (χ2v) is 8.71. The van der Waals surface area contributed by atoms with E-state index in [0.29, 0.717) is 0 Å². The molecule has 0 bridgehead atoms. The highest BCUT2D eigenvalue weighted by Gasteiger charge is 2.35. The first-order valence-corrected chi connectivity index (χ1v) is 10.0. The van der Waals surface area contributed by atoms with Gasteiger partial charge in [0.25, 0.3) is 0 Å². The Labute approximate surface area is 165 Å². The molecule has 0 amide bonds. The average molecular weight is 358 g/mol. The van der Waals surface area contributed by atoms with Crippen molar-refractivity contribution in [1.82, 2.24) is 0 Å². The number of aryl methyl sites for hydroxylation is 1. The molecule has 5 aromatic carbocycles. The van der Waals surface area contributed by atoms with Crippen LogP contribution in [0.4, 0.5) is 0 Å². The van der Waals surface area contributed by atoms with Crippen LogP contribution in [0.3, 0.4) is 0 Å². The summed E-state index contributed by atoms with van der Waals surface area (Å²) in [5.74, 6) is 0. The van der Waals surface area contributed by atoms with Gasteiger partial charge in [0.05, 0.1) is 0 Å². The standard InChI is InChI=1S/C28H22/c1-17-12-13-20-22(14-17)18-8-4-5-9-19(18)23-15-25-21-10-6-7-11-26(21)28(2,3)27(25)16-24(20)23/h4-16H,1-3H3. The molecule has 0 saturated heterocycles. The fraction of sp³-hybridized carbons (Fsp3) is 0.143. The van der Waals surface area contributed by atoms with Crippen molar-refractivity contribution in [3.8, 4) is 11.1 Å². The summed E-state index contributed by atoms with van der Waals surface area (Å²) in [6.07, 6.45) is 0. The normalized spacial score (nSPS) is 14.5. The van der Waals surface area contributed by atoms with Crippen LogP contribution in [0.1, 0.15) is 30.5 Å². The minimum Gasteiger partial charge on any atom is -0.0619 e. The van der Waals surface area contributed by atoms with Crippen LogP contribution >= 0.6 is 0 Å². The fourth-order valence-corrected chi connectivity index (χ4v) is 5.26. The van der Waals surface area contributed by atoms with E-state index in [1.165, 1.54) is 60.1 Å². The maximum Gasteiger partial charge on any atom is 0.0159 e. The molecule has 134 valence electrons. The van der Waals surface area contributed by atoms with Crippen LogP contribution in [0.2, 0.25) is 0 Å². The third kappa shape index (κ3) is 1.90. The van der Waals surface area contributed by atoms with Crippen LogP contribution in [-0.2, 0) is 5.41 Å². The Kier molecular flexibility index (Phi) is 2.97. The summed E-state index contributed by atoms with van der Waals surface area (Å²) in [6, 6.07) is 29.6. The molecule has 0 fully saturated rings. The van der Waals surface area contributed by atoms with E-state index in [4.69, 9.17) is 0 Å². The van der Waals surface area contributed by atoms with E-state index in [-0.39, 0.29) is 5.41 Å². The first kappa shape index (κ1) is 15.9. The molecule has 5 aromatic rings. The monoisotopic (exact) mass is 358 g/mol. The summed E-state index contributed by atoms with van der Waals surface area (Å²) in [5.41, 5.74) is 7.00. The average Bonchev–Trinajstić information content (AvgIpc) is 2.94. The first-order valence-electron chi connectivity index (χ1n) is 10.0. The quantitative estimate of drug-likeness (QED) is 0.248. The Morgan fingerprint density at radius 3 is 1.89 bits per heavy atom. The van der Waals surface area contributed by atoms with Crippen LogP contribution in [0, 0.1) is 6.92 Å². The van der Waals surface area contributed by atoms with Crippen LogP contribution in [-0.4, -0.2) is 0 Å². The largest absolute Gasteiger partial charge is 0.0619 e. The van der Waals surface area contributed by atoms with Gasteiger partial charge in [0, 0.05) is 5.41 Å². The minimum absolute atomic E-state index is 0.0305. The lowest BCUT2D eigenvalue weighted by Crippen LogP contribution is -2.14. The van der Waals surface area contributed by atoms with Crippen molar-refractivity contribution >= 4 is 32.3 Å². The van der Waals surface area contributed by atoms with Gasteiger partial charge in [-0.3, -0.25) is 0 Å². The molecule has 0 saturated carbocycles. The molecule has 0 atom stereocenters. The molecule has 0 spiro atoms. The second-order valence-electron chi connectivity index (χ2n) is 8.71. The Morgan fingerprint density at radius 2 is 1.11 bits per heavy atom. The molecular weight excluding hydrogens is 336 g/mol. The minimum atomic E-state index is 0.0305. The summed E-state index contributed by atoms with van der Waals surface area (Å²) in [5, 5.41) is 8.14. The van der Waals surface area contributed by atoms with Crippen molar-refractivity contribution in [1.29, 1.82) is 0 Å². The highest BCUT2D eigenvalue weighted by atomic mass is 14.4. The van der Waals surface area contributed by atoms with Crippen molar-refractivity contribution in [2.75, 3.05) is 0 Å². The Hall–Kier alpha value is -3.12. The van der Waals surface area contributed by atoms with Crippen LogP contribution in [0.25, 0.3) is 43.4 Å². The number of benzene rings is 5. The number of fused-ring (bicyclic) bond motifs is 9. The topological polar surface area (TPSA) is 0 Å². The van der Waals surface area contributed by atoms with Crippen LogP contribution in [0.5, 0.6) is 0 Å². The molecule has 0 nitrogen and oxygen atoms in total. The molecular formula is C28H22. The van der Waals surface area contributed by atoms with Crippen LogP contribution < -0.4 is 0 Å². The molecule has 28 heavy (non-hydrogen) atoms. The van der Waals surface area contributed by atoms with Gasteiger partial charge in [0.1, 0.15) is 0 Å². The number of hydrogen-bond donors (Lipinski definition) is 0. The highest BCUT2D eigenvalue weighted by molar-refractivity contribution is 6.26. The lowest BCUT2D eigenvalue weighted by molar-refractivity contribution is 0.661. The molecule has 0 aromatic heterocycles. The van der Waals surface area contributed by atoms with Crippen molar-refractivity contribution in [2.24, 2.45) is 0 Å². The van der Waals surface area contributed by atoms with E-state index in [0.717, 1.165) is 0 Å². The summed E-state index contributed by atoms with van der Waals surface area (Å²) in [6.45, 7) is 6.90. The van der Waals surface area contributed by atoms with E-state index < -0.39 is 0 Å². The van der Waals surface area contributed by atoms with Crippen molar-refractivity contribution < 1.29 is 0 Å². The molecule has 6 rings (SSSR count). The number of hydrogen-bond acceptors (Lipinski definition) is 0. The third-order valence-electron chi connectivity index (χ3n) is 6.69. The molecule has 0 heterocycles. The number of rotatable bonds is 0. The molecule has 1 aliphatic carbocycles. The fourth-order valence-electron chi connectivity index (χ4n) is 5.26. The van der Waals surface area contributed by atoms with Gasteiger partial charge in [-0.05, 0) is 73.6 Å². The van der Waals surface area contributed by atoms with E-state index in [9.17, 15) is 0 Å². The van der Waals surface area contributed by atoms with Gasteiger partial charge in [-0.1, -0.05) is 86.1 Å². The van der Waals surface area contributed by atoms with Gasteiger partial charge in [-0.2, -0.15) is 0 Å². The van der Waals surface area contributed by atoms with Crippen molar-refractivity contribution in [3.05, 3.63) is 95.6 Å². The molecule has 0 radical (unpaired) electrons. The molecule has 0 N–H and O–H groups in total. The molecule has 0 unspecified atom stereocenters. The van der Waals surface area contributed by atoms with Crippen molar-refractivity contribution in [3.63, 3.8) is 0 Å². The van der Waals surface area contributed by atoms with Gasteiger partial charge in [0.2, 0.25) is 0 Å². The maximum atomic E-state index is 2.47. The van der Waals surface area contributed by atoms with E-state index in [1.807, 2.05) is 0 Å². The Balaban J connectivity index is 1.87. The molecule has 0 aliphatic heterocycles. The van der Waals surface area contributed by atoms with Gasteiger partial charge in [-0.25, -0.2) is 0 Å². The van der Waals surface area contributed by atoms with E-state index >= 15 is 0 Å². The summed E-state index contributed by atoms with van der Waals surface area (Å²) >= 11 is 0. The summed E-state index contributed by atoms with van der Waals surface area (Å²) in [4.78, 5) is 0. The maximum absolute atomic E-state index is 2.47. The smallest absolute Gasteiger partial charge is 0.0159 e. The predicted molar refractivity (Wildman–Crippen MR) is 121 cm³/mol. The van der Waals surface area contributed by atoms with E-state index in [1.54, 1.807) is 0 Å². The summed E-state index contributed by atoms with van der Waals surface area (Å²) in [7, 11) is 0. The first-order chi connectivity index (χ1) is 13.6. The molecule has 0 heteroatoms. The van der Waals surface area contributed by atoms with E-state index in [2.05, 4.69) is 99.6 Å². The van der Waals surface area contributed by atoms with Crippen LogP contribution in [0.15, 0.2) is 78.9 Å². The zero-order valence-corrected chi connectivity index (χ0v) is 16.5. The summed E-state index contributed by atoms with van der Waals surface area (Å²) < 4.78 is 0. The van der Waals surface area contributed by atoms with Gasteiger partial charge >= 0.3 is 0 Å². The molecule has 1 aliphatic rings. The zero-order chi connectivity index (χ0) is 19.0. The highest BCUT2D eigenvalue weighted by Crippen LogP contribution is 2.51. The van der Waals surface area contributed by atoms with Gasteiger partial charge in [-0.15, -0.1) is 0 Å². The lowest BCUT2D eigenvalue weighted by Gasteiger charge is -2.22. The third-order valence-corrected chi connectivity index (χ3v) is 6.69. The lowest BCUT2D eigenvalue weighted by atomic mass is 9.81. The van der Waals surface area contributed by atoms with Gasteiger partial charge < -0.3 is 0 Å².